The minimum absolute atomic E-state index is 0. The Balaban J connectivity index is 0.00000364. The molecule has 2 atom stereocenters. The monoisotopic (exact) mass is 486 g/mol. The van der Waals surface area contributed by atoms with Crippen molar-refractivity contribution in [2.24, 2.45) is 4.99 Å². The van der Waals surface area contributed by atoms with Gasteiger partial charge >= 0.3 is 0 Å². The number of benzene rings is 1. The van der Waals surface area contributed by atoms with Crippen molar-refractivity contribution in [3.8, 4) is 0 Å². The molecule has 5 nitrogen and oxygen atoms in total. The smallest absolute Gasteiger partial charge is 0.240 e. The SMILES string of the molecule is CN=C(NC1CC1c1ccc(C(C)C)cc1)N(C)CC(=O)NC(C)(C)C.I. The van der Waals surface area contributed by atoms with E-state index in [2.05, 4.69) is 53.7 Å². The number of hydrogen-bond donors (Lipinski definition) is 2. The second kappa shape index (κ2) is 9.75. The van der Waals surface area contributed by atoms with E-state index in [-0.39, 0.29) is 42.0 Å². The van der Waals surface area contributed by atoms with Crippen LogP contribution in [-0.2, 0) is 4.79 Å². The highest BCUT2D eigenvalue weighted by Gasteiger charge is 2.39. The zero-order chi connectivity index (χ0) is 19.5. The Morgan fingerprint density at radius 1 is 1.26 bits per heavy atom. The van der Waals surface area contributed by atoms with Crippen LogP contribution in [0, 0.1) is 0 Å². The summed E-state index contributed by atoms with van der Waals surface area (Å²) in [5.74, 6) is 1.84. The average Bonchev–Trinajstić information content (AvgIpc) is 3.29. The Morgan fingerprint density at radius 2 is 1.85 bits per heavy atom. The summed E-state index contributed by atoms with van der Waals surface area (Å²) in [7, 11) is 3.65. The van der Waals surface area contributed by atoms with Gasteiger partial charge < -0.3 is 15.5 Å². The molecule has 152 valence electrons. The summed E-state index contributed by atoms with van der Waals surface area (Å²) in [5.41, 5.74) is 2.52. The number of carbonyl (C=O) groups excluding carboxylic acids is 1. The molecule has 27 heavy (non-hydrogen) atoms. The van der Waals surface area contributed by atoms with Gasteiger partial charge in [0.15, 0.2) is 5.96 Å². The summed E-state index contributed by atoms with van der Waals surface area (Å²) in [6.07, 6.45) is 1.10. The summed E-state index contributed by atoms with van der Waals surface area (Å²) in [4.78, 5) is 18.3. The molecule has 1 fully saturated rings. The predicted octanol–water partition coefficient (Wildman–Crippen LogP) is 3.71. The topological polar surface area (TPSA) is 56.7 Å². The van der Waals surface area contributed by atoms with Crippen LogP contribution in [0.4, 0.5) is 0 Å². The van der Waals surface area contributed by atoms with Crippen LogP contribution in [0.15, 0.2) is 29.3 Å². The number of amides is 1. The molecule has 1 aliphatic carbocycles. The Bertz CT molecular complexity index is 649. The van der Waals surface area contributed by atoms with Gasteiger partial charge in [0.2, 0.25) is 5.91 Å². The first-order valence-electron chi connectivity index (χ1n) is 9.46. The van der Waals surface area contributed by atoms with Crippen LogP contribution in [-0.4, -0.2) is 49.0 Å². The lowest BCUT2D eigenvalue weighted by Crippen LogP contribution is -2.49. The molecule has 2 unspecified atom stereocenters. The molecule has 2 N–H and O–H groups in total. The van der Waals surface area contributed by atoms with Crippen molar-refractivity contribution in [2.75, 3.05) is 20.6 Å². The number of halogens is 1. The van der Waals surface area contributed by atoms with Crippen molar-refractivity contribution >= 4 is 35.8 Å². The van der Waals surface area contributed by atoms with E-state index >= 15 is 0 Å². The van der Waals surface area contributed by atoms with Crippen LogP contribution in [0.25, 0.3) is 0 Å². The molecule has 0 spiro atoms. The number of nitrogens with zero attached hydrogens (tertiary/aromatic N) is 2. The number of hydrogen-bond acceptors (Lipinski definition) is 2. The van der Waals surface area contributed by atoms with Gasteiger partial charge in [-0.15, -0.1) is 24.0 Å². The molecule has 0 bridgehead atoms. The van der Waals surface area contributed by atoms with Crippen LogP contribution in [0.3, 0.4) is 0 Å². The third-order valence-electron chi connectivity index (χ3n) is 4.60. The van der Waals surface area contributed by atoms with E-state index in [1.54, 1.807) is 7.05 Å². The van der Waals surface area contributed by atoms with E-state index in [4.69, 9.17) is 0 Å². The highest BCUT2D eigenvalue weighted by Crippen LogP contribution is 2.41. The molecule has 0 saturated heterocycles. The highest BCUT2D eigenvalue weighted by atomic mass is 127. The molecule has 0 aromatic heterocycles. The fourth-order valence-corrected chi connectivity index (χ4v) is 3.11. The van der Waals surface area contributed by atoms with Crippen LogP contribution in [0.1, 0.15) is 64.0 Å². The minimum Gasteiger partial charge on any atom is -0.353 e. The number of nitrogens with one attached hydrogen (secondary N) is 2. The van der Waals surface area contributed by atoms with E-state index in [1.165, 1.54) is 11.1 Å². The Hall–Kier alpha value is -1.31. The second-order valence-corrected chi connectivity index (χ2v) is 8.62. The third-order valence-corrected chi connectivity index (χ3v) is 4.60. The lowest BCUT2D eigenvalue weighted by molar-refractivity contribution is -0.122. The van der Waals surface area contributed by atoms with Gasteiger partial charge in [-0.25, -0.2) is 0 Å². The van der Waals surface area contributed by atoms with Gasteiger partial charge in [-0.2, -0.15) is 0 Å². The van der Waals surface area contributed by atoms with Gasteiger partial charge in [-0.1, -0.05) is 38.1 Å². The minimum atomic E-state index is -0.224. The van der Waals surface area contributed by atoms with Gasteiger partial charge in [0.25, 0.3) is 0 Å². The van der Waals surface area contributed by atoms with Crippen LogP contribution in [0.2, 0.25) is 0 Å². The largest absolute Gasteiger partial charge is 0.353 e. The summed E-state index contributed by atoms with van der Waals surface area (Å²) >= 11 is 0. The summed E-state index contributed by atoms with van der Waals surface area (Å²) < 4.78 is 0. The molecule has 1 saturated carbocycles. The molecule has 1 aromatic rings. The lowest BCUT2D eigenvalue weighted by atomic mass is 10.0. The van der Waals surface area contributed by atoms with E-state index < -0.39 is 0 Å². The number of carbonyl (C=O) groups is 1. The van der Waals surface area contributed by atoms with E-state index in [0.717, 1.165) is 12.4 Å². The van der Waals surface area contributed by atoms with Gasteiger partial charge in [0.05, 0.1) is 6.54 Å². The summed E-state index contributed by atoms with van der Waals surface area (Å²) in [6, 6.07) is 9.32. The van der Waals surface area contributed by atoms with Gasteiger partial charge in [-0.3, -0.25) is 9.79 Å². The first-order valence-corrected chi connectivity index (χ1v) is 9.46. The van der Waals surface area contributed by atoms with Crippen LogP contribution in [0.5, 0.6) is 0 Å². The van der Waals surface area contributed by atoms with E-state index in [9.17, 15) is 4.79 Å². The number of likely N-dealkylation sites (N-methyl/N-ethyl adjacent to an activating group) is 1. The molecule has 0 heterocycles. The molecule has 6 heteroatoms. The normalized spacial score (nSPS) is 19.3. The molecular weight excluding hydrogens is 451 g/mol. The predicted molar refractivity (Wildman–Crippen MR) is 124 cm³/mol. The molecule has 1 aliphatic rings. The Kier molecular flexibility index (Phi) is 8.57. The summed E-state index contributed by atoms with van der Waals surface area (Å²) in [6.45, 7) is 10.7. The summed E-state index contributed by atoms with van der Waals surface area (Å²) in [5, 5.41) is 6.47. The Labute approximate surface area is 181 Å². The first-order chi connectivity index (χ1) is 12.1. The van der Waals surface area contributed by atoms with E-state index in [0.29, 0.717) is 17.9 Å². The lowest BCUT2D eigenvalue weighted by Gasteiger charge is -2.25. The molecule has 2 rings (SSSR count). The van der Waals surface area contributed by atoms with Crippen LogP contribution < -0.4 is 10.6 Å². The fraction of sp³-hybridized carbons (Fsp3) is 0.619. The van der Waals surface area contributed by atoms with Crippen molar-refractivity contribution in [3.63, 3.8) is 0 Å². The zero-order valence-corrected chi connectivity index (χ0v) is 20.0. The van der Waals surface area contributed by atoms with Crippen LogP contribution >= 0.6 is 24.0 Å². The fourth-order valence-electron chi connectivity index (χ4n) is 3.11. The second-order valence-electron chi connectivity index (χ2n) is 8.62. The molecule has 0 radical (unpaired) electrons. The van der Waals surface area contributed by atoms with Gasteiger partial charge in [0, 0.05) is 31.6 Å². The molecule has 0 aliphatic heterocycles. The average molecular weight is 486 g/mol. The van der Waals surface area contributed by atoms with Gasteiger partial charge in [-0.05, 0) is 44.2 Å². The maximum absolute atomic E-state index is 12.1. The third kappa shape index (κ3) is 7.31. The van der Waals surface area contributed by atoms with Crippen molar-refractivity contribution in [3.05, 3.63) is 35.4 Å². The molecule has 1 amide bonds. The zero-order valence-electron chi connectivity index (χ0n) is 17.7. The molecule has 1 aromatic carbocycles. The quantitative estimate of drug-likeness (QED) is 0.379. The van der Waals surface area contributed by atoms with E-state index in [1.807, 2.05) is 32.7 Å². The van der Waals surface area contributed by atoms with Crippen molar-refractivity contribution in [1.29, 1.82) is 0 Å². The first kappa shape index (κ1) is 23.7. The maximum Gasteiger partial charge on any atom is 0.240 e. The standard InChI is InChI=1S/C21H34N4O.HI/c1-14(2)15-8-10-16(11-9-15)17-12-18(17)23-20(22-6)25(7)13-19(26)24-21(3,4)5;/h8-11,14,17-18H,12-13H2,1-7H3,(H,22,23)(H,24,26);1H. The molecular formula is C21H35IN4O. The number of guanidine groups is 1. The number of aliphatic imine (C=N–C) groups is 1. The number of rotatable bonds is 5. The van der Waals surface area contributed by atoms with Crippen molar-refractivity contribution in [1.82, 2.24) is 15.5 Å². The van der Waals surface area contributed by atoms with Crippen molar-refractivity contribution in [2.45, 2.75) is 64.5 Å². The highest BCUT2D eigenvalue weighted by molar-refractivity contribution is 14.0. The van der Waals surface area contributed by atoms with Gasteiger partial charge in [0.1, 0.15) is 0 Å². The van der Waals surface area contributed by atoms with Crippen molar-refractivity contribution < 1.29 is 4.79 Å². The maximum atomic E-state index is 12.1. The Morgan fingerprint density at radius 3 is 2.33 bits per heavy atom.